The highest BCUT2D eigenvalue weighted by Gasteiger charge is 2.33. The Hall–Kier alpha value is -12.6. The number of para-hydroxylation sites is 2. The zero-order chi connectivity index (χ0) is 64.1. The zero-order valence-corrected chi connectivity index (χ0v) is 53.5. The molecule has 19 aromatic rings. The molecule has 21 rings (SSSR count). The Morgan fingerprint density at radius 2 is 0.653 bits per heavy atom. The first-order valence-electron chi connectivity index (χ1n) is 34.3. The fourth-order valence-electron chi connectivity index (χ4n) is 17.7. The first-order valence-corrected chi connectivity index (χ1v) is 34.3. The molecule has 2 aliphatic rings. The third kappa shape index (κ3) is 7.97. The number of benzene rings is 17. The summed E-state index contributed by atoms with van der Waals surface area (Å²) in [4.78, 5) is 0. The Balaban J connectivity index is 0.710. The van der Waals surface area contributed by atoms with E-state index in [0.29, 0.717) is 0 Å². The Morgan fingerprint density at radius 1 is 0.235 bits per heavy atom. The van der Waals surface area contributed by atoms with Gasteiger partial charge >= 0.3 is 0 Å². The maximum atomic E-state index is 2.59. The summed E-state index contributed by atoms with van der Waals surface area (Å²) in [5.74, 6) is 0.442. The van der Waals surface area contributed by atoms with Crippen molar-refractivity contribution in [3.8, 4) is 67.0 Å². The molecule has 2 atom stereocenters. The lowest BCUT2D eigenvalue weighted by Gasteiger charge is -2.27. The fraction of sp³-hybridized carbons (Fsp3) is 0.0208. The van der Waals surface area contributed by atoms with Crippen molar-refractivity contribution < 1.29 is 0 Å². The molecule has 17 aromatic carbocycles. The van der Waals surface area contributed by atoms with Crippen LogP contribution in [0, 0.1) is 5.92 Å². The van der Waals surface area contributed by atoms with E-state index >= 15 is 0 Å². The minimum Gasteiger partial charge on any atom is -0.309 e. The van der Waals surface area contributed by atoms with Crippen molar-refractivity contribution in [2.24, 2.45) is 5.92 Å². The van der Waals surface area contributed by atoms with Gasteiger partial charge in [-0.2, -0.15) is 0 Å². The molecule has 2 nitrogen and oxygen atoms in total. The van der Waals surface area contributed by atoms with Gasteiger partial charge in [0.15, 0.2) is 0 Å². The molecule has 0 fully saturated rings. The molecule has 2 unspecified atom stereocenters. The van der Waals surface area contributed by atoms with E-state index in [9.17, 15) is 0 Å². The molecule has 454 valence electrons. The van der Waals surface area contributed by atoms with Crippen LogP contribution in [-0.4, -0.2) is 9.13 Å². The first-order chi connectivity index (χ1) is 48.7. The lowest BCUT2D eigenvalue weighted by atomic mass is 9.77. The molecule has 0 saturated heterocycles. The third-order valence-electron chi connectivity index (χ3n) is 21.8. The summed E-state index contributed by atoms with van der Waals surface area (Å²) in [7, 11) is 0. The number of rotatable bonds is 7. The van der Waals surface area contributed by atoms with Gasteiger partial charge in [0.2, 0.25) is 0 Å². The van der Waals surface area contributed by atoms with Crippen LogP contribution < -0.4 is 0 Å². The van der Waals surface area contributed by atoms with Crippen LogP contribution in [0.5, 0.6) is 0 Å². The van der Waals surface area contributed by atoms with E-state index in [1.54, 1.807) is 0 Å². The van der Waals surface area contributed by atoms with E-state index in [4.69, 9.17) is 0 Å². The Labute approximate surface area is 566 Å². The van der Waals surface area contributed by atoms with Gasteiger partial charge in [0, 0.05) is 39.1 Å². The molecule has 2 heteroatoms. The highest BCUT2D eigenvalue weighted by atomic mass is 15.0. The van der Waals surface area contributed by atoms with Crippen LogP contribution in [0.25, 0.3) is 192 Å². The van der Waals surface area contributed by atoms with Crippen molar-refractivity contribution in [2.75, 3.05) is 0 Å². The normalized spacial score (nSPS) is 14.4. The number of allylic oxidation sites excluding steroid dienone is 5. The van der Waals surface area contributed by atoms with Gasteiger partial charge in [0.05, 0.1) is 33.6 Å². The lowest BCUT2D eigenvalue weighted by molar-refractivity contribution is 0.694. The second kappa shape index (κ2) is 21.4. The van der Waals surface area contributed by atoms with Crippen molar-refractivity contribution >= 4 is 125 Å². The summed E-state index contributed by atoms with van der Waals surface area (Å²) < 4.78 is 5.12. The second-order valence-corrected chi connectivity index (χ2v) is 26.8. The Kier molecular flexibility index (Phi) is 12.0. The van der Waals surface area contributed by atoms with Crippen molar-refractivity contribution in [3.05, 3.63) is 357 Å². The highest BCUT2D eigenvalue weighted by Crippen LogP contribution is 2.53. The van der Waals surface area contributed by atoms with Gasteiger partial charge in [-0.3, -0.25) is 0 Å². The molecule has 98 heavy (non-hydrogen) atoms. The second-order valence-electron chi connectivity index (χ2n) is 26.8. The number of aromatic nitrogens is 2. The standard InChI is InChI=1S/C96H60N2/c1-2-26-62(27-3-1)89-73-31-10-14-35-77(73)91(78-36-15-11-32-74(78)89)82-40-19-21-44-84(82)98-87-55-51-61-25-6-9-30-70(61)95(87)96-72-42-22-41-67(71(72)52-56-88(96)98)65-47-45-64-58-66(48-46-63(64)57-65)90-75-33-12-16-37-79(75)92(80-38-17-13-34-76(80)90)81-39-18-20-43-83(81)97-85-53-49-59-23-4-7-28-68(59)93(85)94-69-29-8-5-24-60(69)50-54-86(94)97/h1-58,61,70H. The molecule has 0 aliphatic heterocycles. The summed E-state index contributed by atoms with van der Waals surface area (Å²) in [6.07, 6.45) is 14.1. The topological polar surface area (TPSA) is 9.86 Å². The minimum atomic E-state index is 0.183. The highest BCUT2D eigenvalue weighted by molar-refractivity contribution is 6.30. The number of hydrogen-bond acceptors (Lipinski definition) is 0. The zero-order valence-electron chi connectivity index (χ0n) is 53.5. The third-order valence-corrected chi connectivity index (χ3v) is 21.8. The first kappa shape index (κ1) is 54.7. The van der Waals surface area contributed by atoms with Crippen molar-refractivity contribution in [1.29, 1.82) is 0 Å². The molecule has 0 saturated carbocycles. The van der Waals surface area contributed by atoms with Crippen LogP contribution in [0.1, 0.15) is 17.2 Å². The molecule has 2 heterocycles. The summed E-state index contributed by atoms with van der Waals surface area (Å²) in [6.45, 7) is 0. The molecule has 2 aromatic heterocycles. The van der Waals surface area contributed by atoms with Gasteiger partial charge in [-0.1, -0.05) is 303 Å². The van der Waals surface area contributed by atoms with Crippen LogP contribution >= 0.6 is 0 Å². The molecule has 0 N–H and O–H groups in total. The predicted octanol–water partition coefficient (Wildman–Crippen LogP) is 26.1. The maximum absolute atomic E-state index is 2.59. The van der Waals surface area contributed by atoms with Crippen LogP contribution in [0.2, 0.25) is 0 Å². The van der Waals surface area contributed by atoms with Crippen molar-refractivity contribution in [3.63, 3.8) is 0 Å². The van der Waals surface area contributed by atoms with Crippen LogP contribution in [0.4, 0.5) is 0 Å². The molecular formula is C96H60N2. The predicted molar refractivity (Wildman–Crippen MR) is 418 cm³/mol. The smallest absolute Gasteiger partial charge is 0.0548 e. The van der Waals surface area contributed by atoms with Crippen molar-refractivity contribution in [2.45, 2.75) is 5.92 Å². The SMILES string of the molecule is C1=CC2C=Cc3c(c4c5cccc(-c6ccc7cc(-c8c9ccccc9c(-c9ccccc9-n9c%10ccc%11ccccc%11c%10c%10c%11ccccc%11ccc%109)c9ccccc89)ccc7c6)c5ccc4n3-c3ccccc3-c3c4ccccc4c(-c4ccccc4)c4ccccc34)C2C=C1. The average Bonchev–Trinajstić information content (AvgIpc) is 1.49. The lowest BCUT2D eigenvalue weighted by Crippen LogP contribution is -2.14. The quantitative estimate of drug-likeness (QED) is 0.141. The Morgan fingerprint density at radius 3 is 1.23 bits per heavy atom. The number of nitrogens with zero attached hydrogens (tertiary/aromatic N) is 2. The molecule has 0 spiro atoms. The van der Waals surface area contributed by atoms with Crippen LogP contribution in [0.3, 0.4) is 0 Å². The van der Waals surface area contributed by atoms with Gasteiger partial charge in [0.1, 0.15) is 0 Å². The summed E-state index contributed by atoms with van der Waals surface area (Å²) in [6, 6.07) is 118. The van der Waals surface area contributed by atoms with Gasteiger partial charge in [-0.05, 0) is 185 Å². The van der Waals surface area contributed by atoms with E-state index in [1.807, 2.05) is 0 Å². The summed E-state index contributed by atoms with van der Waals surface area (Å²) in [5, 5.41) is 23.8. The molecule has 0 bridgehead atoms. The van der Waals surface area contributed by atoms with E-state index in [-0.39, 0.29) is 11.8 Å². The number of fused-ring (bicyclic) bond motifs is 19. The summed E-state index contributed by atoms with van der Waals surface area (Å²) in [5.41, 5.74) is 20.8. The van der Waals surface area contributed by atoms with Crippen molar-refractivity contribution in [1.82, 2.24) is 9.13 Å². The largest absolute Gasteiger partial charge is 0.309 e. The molecule has 0 radical (unpaired) electrons. The minimum absolute atomic E-state index is 0.183. The number of hydrogen-bond donors (Lipinski definition) is 0. The molecule has 2 aliphatic carbocycles. The van der Waals surface area contributed by atoms with E-state index in [1.165, 1.54) is 191 Å². The van der Waals surface area contributed by atoms with Crippen LogP contribution in [0.15, 0.2) is 346 Å². The molecule has 0 amide bonds. The van der Waals surface area contributed by atoms with E-state index < -0.39 is 0 Å². The Bertz CT molecular complexity index is 6540. The maximum Gasteiger partial charge on any atom is 0.0548 e. The monoisotopic (exact) mass is 1240 g/mol. The average molecular weight is 1240 g/mol. The summed E-state index contributed by atoms with van der Waals surface area (Å²) >= 11 is 0. The van der Waals surface area contributed by atoms with E-state index in [2.05, 4.69) is 361 Å². The van der Waals surface area contributed by atoms with Gasteiger partial charge in [-0.15, -0.1) is 0 Å². The van der Waals surface area contributed by atoms with E-state index in [0.717, 1.165) is 5.69 Å². The van der Waals surface area contributed by atoms with Gasteiger partial charge in [-0.25, -0.2) is 0 Å². The molecular weight excluding hydrogens is 1180 g/mol. The van der Waals surface area contributed by atoms with Gasteiger partial charge in [0.25, 0.3) is 0 Å². The van der Waals surface area contributed by atoms with Crippen LogP contribution in [-0.2, 0) is 0 Å². The fourth-order valence-corrected chi connectivity index (χ4v) is 17.7. The van der Waals surface area contributed by atoms with Gasteiger partial charge < -0.3 is 9.13 Å².